The van der Waals surface area contributed by atoms with Crippen molar-refractivity contribution in [1.29, 1.82) is 0 Å². The van der Waals surface area contributed by atoms with E-state index in [0.717, 1.165) is 41.9 Å². The smallest absolute Gasteiger partial charge is 0.227 e. The number of halogens is 1. The van der Waals surface area contributed by atoms with Gasteiger partial charge in [0.05, 0.1) is 18.2 Å². The Hall–Kier alpha value is -3.08. The monoisotopic (exact) mass is 375 g/mol. The van der Waals surface area contributed by atoms with Crippen LogP contribution in [0.5, 0.6) is 0 Å². The maximum absolute atomic E-state index is 13.4. The highest BCUT2D eigenvalue weighted by atomic mass is 19.1. The Morgan fingerprint density at radius 2 is 1.96 bits per heavy atom. The zero-order valence-corrected chi connectivity index (χ0v) is 15.6. The van der Waals surface area contributed by atoms with Crippen LogP contribution in [0.1, 0.15) is 41.4 Å². The molecule has 0 unspecified atom stereocenters. The van der Waals surface area contributed by atoms with Gasteiger partial charge < -0.3 is 4.90 Å². The van der Waals surface area contributed by atoms with Crippen LogP contribution in [0.2, 0.25) is 0 Å². The first-order chi connectivity index (χ1) is 13.7. The number of hydrogen-bond donors (Lipinski definition) is 0. The molecule has 28 heavy (non-hydrogen) atoms. The predicted octanol–water partition coefficient (Wildman–Crippen LogP) is 4.11. The van der Waals surface area contributed by atoms with E-state index in [2.05, 4.69) is 4.98 Å². The molecule has 1 aliphatic rings. The maximum Gasteiger partial charge on any atom is 0.227 e. The molecule has 4 rings (SSSR count). The number of aromatic nitrogens is 2. The lowest BCUT2D eigenvalue weighted by molar-refractivity contribution is -0.131. The van der Waals surface area contributed by atoms with Crippen molar-refractivity contribution in [3.63, 3.8) is 0 Å². The molecule has 0 radical (unpaired) electrons. The summed E-state index contributed by atoms with van der Waals surface area (Å²) in [6.07, 6.45) is 6.26. The van der Waals surface area contributed by atoms with Crippen LogP contribution in [0.15, 0.2) is 67.0 Å². The van der Waals surface area contributed by atoms with Crippen molar-refractivity contribution in [1.82, 2.24) is 14.9 Å². The molecule has 3 heterocycles. The SMILES string of the molecule is O=C(Cc1cccnc1)N1CCC[C@H]1c1cccc(Cc2cccc(F)c2)n1. The number of amides is 1. The van der Waals surface area contributed by atoms with Crippen LogP contribution in [0, 0.1) is 5.82 Å². The summed E-state index contributed by atoms with van der Waals surface area (Å²) in [6.45, 7) is 0.750. The highest BCUT2D eigenvalue weighted by molar-refractivity contribution is 5.79. The molecule has 1 atom stereocenters. The molecule has 5 heteroatoms. The second-order valence-electron chi connectivity index (χ2n) is 7.14. The Labute approximate surface area is 164 Å². The van der Waals surface area contributed by atoms with Gasteiger partial charge in [0, 0.05) is 31.1 Å². The predicted molar refractivity (Wildman–Crippen MR) is 105 cm³/mol. The fourth-order valence-electron chi connectivity index (χ4n) is 3.79. The second-order valence-corrected chi connectivity index (χ2v) is 7.14. The molecular formula is C23H22FN3O. The molecule has 1 aliphatic heterocycles. The zero-order valence-electron chi connectivity index (χ0n) is 15.6. The Morgan fingerprint density at radius 3 is 2.79 bits per heavy atom. The van der Waals surface area contributed by atoms with Crippen molar-refractivity contribution >= 4 is 5.91 Å². The summed E-state index contributed by atoms with van der Waals surface area (Å²) < 4.78 is 13.4. The molecule has 1 aromatic carbocycles. The van der Waals surface area contributed by atoms with Gasteiger partial charge in [-0.1, -0.05) is 24.3 Å². The van der Waals surface area contributed by atoms with E-state index in [0.29, 0.717) is 12.8 Å². The Bertz CT molecular complexity index is 961. The number of carbonyl (C=O) groups excluding carboxylic acids is 1. The summed E-state index contributed by atoms with van der Waals surface area (Å²) in [5.74, 6) is -0.135. The number of likely N-dealkylation sites (tertiary alicyclic amines) is 1. The van der Waals surface area contributed by atoms with Gasteiger partial charge in [-0.15, -0.1) is 0 Å². The fraction of sp³-hybridized carbons (Fsp3) is 0.261. The molecule has 0 bridgehead atoms. The molecule has 0 aliphatic carbocycles. The Balaban J connectivity index is 1.50. The van der Waals surface area contributed by atoms with Crippen LogP contribution in [0.4, 0.5) is 4.39 Å². The summed E-state index contributed by atoms with van der Waals surface area (Å²) in [5, 5.41) is 0. The van der Waals surface area contributed by atoms with Gasteiger partial charge in [0.1, 0.15) is 5.82 Å². The lowest BCUT2D eigenvalue weighted by atomic mass is 10.1. The number of rotatable bonds is 5. The summed E-state index contributed by atoms with van der Waals surface area (Å²) in [6, 6.07) is 16.3. The van der Waals surface area contributed by atoms with Crippen molar-refractivity contribution in [2.45, 2.75) is 31.7 Å². The molecule has 0 spiro atoms. The topological polar surface area (TPSA) is 46.1 Å². The molecule has 1 amide bonds. The molecule has 0 saturated carbocycles. The van der Waals surface area contributed by atoms with Crippen LogP contribution in [-0.4, -0.2) is 27.3 Å². The number of hydrogen-bond acceptors (Lipinski definition) is 3. The van der Waals surface area contributed by atoms with Crippen molar-refractivity contribution in [2.24, 2.45) is 0 Å². The Kier molecular flexibility index (Phi) is 5.42. The van der Waals surface area contributed by atoms with Crippen LogP contribution in [0.3, 0.4) is 0 Å². The quantitative estimate of drug-likeness (QED) is 0.674. The first kappa shape index (κ1) is 18.3. The van der Waals surface area contributed by atoms with E-state index in [9.17, 15) is 9.18 Å². The van der Waals surface area contributed by atoms with E-state index < -0.39 is 0 Å². The standard InChI is InChI=1S/C23H22FN3O/c24-19-7-1-5-17(13-19)14-20-8-2-9-21(26-20)22-10-4-12-27(22)23(28)15-18-6-3-11-25-16-18/h1-3,5-9,11,13,16,22H,4,10,12,14-15H2/t22-/m0/s1. The highest BCUT2D eigenvalue weighted by Crippen LogP contribution is 2.31. The fourth-order valence-corrected chi connectivity index (χ4v) is 3.79. The van der Waals surface area contributed by atoms with Crippen LogP contribution in [-0.2, 0) is 17.6 Å². The molecule has 2 aromatic heterocycles. The van der Waals surface area contributed by atoms with Crippen LogP contribution >= 0.6 is 0 Å². The van der Waals surface area contributed by atoms with E-state index in [1.54, 1.807) is 18.5 Å². The summed E-state index contributed by atoms with van der Waals surface area (Å²) in [5.41, 5.74) is 3.60. The number of carbonyl (C=O) groups is 1. The van der Waals surface area contributed by atoms with E-state index in [1.165, 1.54) is 12.1 Å². The minimum Gasteiger partial charge on any atom is -0.334 e. The Morgan fingerprint density at radius 1 is 1.11 bits per heavy atom. The third kappa shape index (κ3) is 4.25. The van der Waals surface area contributed by atoms with Gasteiger partial charge in [-0.25, -0.2) is 4.39 Å². The maximum atomic E-state index is 13.4. The number of benzene rings is 1. The summed E-state index contributed by atoms with van der Waals surface area (Å²) in [4.78, 5) is 23.7. The summed E-state index contributed by atoms with van der Waals surface area (Å²) in [7, 11) is 0. The third-order valence-corrected chi connectivity index (χ3v) is 5.10. The normalized spacial score (nSPS) is 16.3. The average Bonchev–Trinajstić information content (AvgIpc) is 3.19. The van der Waals surface area contributed by atoms with Gasteiger partial charge in [0.25, 0.3) is 0 Å². The molecule has 0 N–H and O–H groups in total. The van der Waals surface area contributed by atoms with E-state index in [1.807, 2.05) is 41.3 Å². The van der Waals surface area contributed by atoms with E-state index >= 15 is 0 Å². The van der Waals surface area contributed by atoms with Crippen molar-refractivity contribution < 1.29 is 9.18 Å². The van der Waals surface area contributed by atoms with E-state index in [4.69, 9.17) is 4.98 Å². The molecule has 4 nitrogen and oxygen atoms in total. The van der Waals surface area contributed by atoms with Gasteiger partial charge in [-0.05, 0) is 54.3 Å². The van der Waals surface area contributed by atoms with Crippen molar-refractivity contribution in [2.75, 3.05) is 6.54 Å². The first-order valence-corrected chi connectivity index (χ1v) is 9.58. The van der Waals surface area contributed by atoms with Gasteiger partial charge in [-0.3, -0.25) is 14.8 Å². The minimum atomic E-state index is -0.239. The highest BCUT2D eigenvalue weighted by Gasteiger charge is 2.30. The van der Waals surface area contributed by atoms with Crippen molar-refractivity contribution in [3.8, 4) is 0 Å². The first-order valence-electron chi connectivity index (χ1n) is 9.58. The molecule has 1 saturated heterocycles. The largest absolute Gasteiger partial charge is 0.334 e. The summed E-state index contributed by atoms with van der Waals surface area (Å²) >= 11 is 0. The van der Waals surface area contributed by atoms with Gasteiger partial charge in [0.2, 0.25) is 5.91 Å². The number of pyridine rings is 2. The molecular weight excluding hydrogens is 353 g/mol. The molecule has 1 fully saturated rings. The third-order valence-electron chi connectivity index (χ3n) is 5.10. The van der Waals surface area contributed by atoms with Gasteiger partial charge >= 0.3 is 0 Å². The van der Waals surface area contributed by atoms with E-state index in [-0.39, 0.29) is 17.8 Å². The van der Waals surface area contributed by atoms with Crippen LogP contribution in [0.25, 0.3) is 0 Å². The zero-order chi connectivity index (χ0) is 19.3. The second kappa shape index (κ2) is 8.30. The van der Waals surface area contributed by atoms with Gasteiger partial charge in [-0.2, -0.15) is 0 Å². The lowest BCUT2D eigenvalue weighted by Crippen LogP contribution is -2.32. The molecule has 142 valence electrons. The molecule has 3 aromatic rings. The minimum absolute atomic E-state index is 0.00312. The van der Waals surface area contributed by atoms with Gasteiger partial charge in [0.15, 0.2) is 0 Å². The lowest BCUT2D eigenvalue weighted by Gasteiger charge is -2.25. The number of nitrogens with zero attached hydrogens (tertiary/aromatic N) is 3. The average molecular weight is 375 g/mol. The van der Waals surface area contributed by atoms with Crippen LogP contribution < -0.4 is 0 Å². The van der Waals surface area contributed by atoms with Crippen molar-refractivity contribution in [3.05, 3.63) is 95.3 Å².